The SMILES string of the molecule is Cc1c(F)ccc(F)c1S(=O)(=O)OO[P+](C)=O. The molecule has 0 spiro atoms. The van der Waals surface area contributed by atoms with Crippen molar-refractivity contribution in [3.63, 3.8) is 0 Å². The topological polar surface area (TPSA) is 69.7 Å². The minimum atomic E-state index is -4.66. The van der Waals surface area contributed by atoms with E-state index in [1.165, 1.54) is 0 Å². The molecule has 0 aliphatic heterocycles. The lowest BCUT2D eigenvalue weighted by Gasteiger charge is -2.05. The molecule has 1 aromatic rings. The maximum absolute atomic E-state index is 13.3. The molecule has 5 nitrogen and oxygen atoms in total. The van der Waals surface area contributed by atoms with Crippen molar-refractivity contribution in [2.45, 2.75) is 11.8 Å². The van der Waals surface area contributed by atoms with Crippen molar-refractivity contribution in [2.75, 3.05) is 6.66 Å². The Morgan fingerprint density at radius 3 is 2.29 bits per heavy atom. The smallest absolute Gasteiger partial charge is 0.207 e. The van der Waals surface area contributed by atoms with Crippen molar-refractivity contribution in [2.24, 2.45) is 0 Å². The molecule has 1 rings (SSSR count). The summed E-state index contributed by atoms with van der Waals surface area (Å²) in [5.74, 6) is -2.09. The number of hydrogen-bond donors (Lipinski definition) is 0. The van der Waals surface area contributed by atoms with Crippen LogP contribution in [0.1, 0.15) is 5.56 Å². The first-order valence-electron chi connectivity index (χ1n) is 4.22. The van der Waals surface area contributed by atoms with E-state index in [0.29, 0.717) is 6.07 Å². The van der Waals surface area contributed by atoms with Gasteiger partial charge in [0.1, 0.15) is 16.5 Å². The summed E-state index contributed by atoms with van der Waals surface area (Å²) in [5, 5.41) is 0. The van der Waals surface area contributed by atoms with Crippen LogP contribution in [0.3, 0.4) is 0 Å². The fourth-order valence-electron chi connectivity index (χ4n) is 1.06. The van der Waals surface area contributed by atoms with Gasteiger partial charge in [-0.25, -0.2) is 8.78 Å². The van der Waals surface area contributed by atoms with Crippen LogP contribution in [0.25, 0.3) is 0 Å². The molecule has 0 saturated carbocycles. The Balaban J connectivity index is 3.24. The van der Waals surface area contributed by atoms with Crippen LogP contribution >= 0.6 is 8.03 Å². The highest BCUT2D eigenvalue weighted by Gasteiger charge is 2.29. The average Bonchev–Trinajstić information content (AvgIpc) is 2.21. The molecule has 0 bridgehead atoms. The molecule has 0 N–H and O–H groups in total. The number of halogens is 2. The Labute approximate surface area is 97.3 Å². The van der Waals surface area contributed by atoms with Gasteiger partial charge in [-0.2, -0.15) is 8.42 Å². The van der Waals surface area contributed by atoms with Crippen LogP contribution in [0.2, 0.25) is 0 Å². The van der Waals surface area contributed by atoms with Crippen molar-refractivity contribution in [1.82, 2.24) is 0 Å². The third-order valence-electron chi connectivity index (χ3n) is 1.77. The lowest BCUT2D eigenvalue weighted by Crippen LogP contribution is -2.10. The quantitative estimate of drug-likeness (QED) is 0.482. The van der Waals surface area contributed by atoms with Gasteiger partial charge in [0.2, 0.25) is 0 Å². The van der Waals surface area contributed by atoms with Gasteiger partial charge in [0.05, 0.1) is 0 Å². The van der Waals surface area contributed by atoms with E-state index in [9.17, 15) is 21.8 Å². The summed E-state index contributed by atoms with van der Waals surface area (Å²) < 4.78 is 67.6. The molecule has 0 aliphatic rings. The van der Waals surface area contributed by atoms with Crippen LogP contribution in [-0.4, -0.2) is 15.1 Å². The molecule has 9 heteroatoms. The fraction of sp³-hybridized carbons (Fsp3) is 0.250. The summed E-state index contributed by atoms with van der Waals surface area (Å²) >= 11 is 0. The summed E-state index contributed by atoms with van der Waals surface area (Å²) in [4.78, 5) is -0.977. The third kappa shape index (κ3) is 3.26. The Morgan fingerprint density at radius 2 is 1.76 bits per heavy atom. The predicted octanol–water partition coefficient (Wildman–Crippen LogP) is 2.28. The average molecular weight is 285 g/mol. The zero-order chi connectivity index (χ0) is 13.2. The van der Waals surface area contributed by atoms with E-state index in [1.54, 1.807) is 0 Å². The van der Waals surface area contributed by atoms with Gasteiger partial charge in [0.25, 0.3) is 0 Å². The van der Waals surface area contributed by atoms with Crippen LogP contribution in [0.5, 0.6) is 0 Å². The van der Waals surface area contributed by atoms with Gasteiger partial charge in [0, 0.05) is 10.2 Å². The number of hydrogen-bond acceptors (Lipinski definition) is 5. The van der Waals surface area contributed by atoms with E-state index in [0.717, 1.165) is 19.7 Å². The maximum Gasteiger partial charge on any atom is 0.537 e. The lowest BCUT2D eigenvalue weighted by atomic mass is 10.2. The summed E-state index contributed by atoms with van der Waals surface area (Å²) in [6, 6.07) is 1.43. The molecule has 0 aromatic heterocycles. The van der Waals surface area contributed by atoms with Crippen LogP contribution < -0.4 is 0 Å². The summed E-state index contributed by atoms with van der Waals surface area (Å²) in [7, 11) is -7.01. The van der Waals surface area contributed by atoms with Crippen molar-refractivity contribution in [3.05, 3.63) is 29.3 Å². The summed E-state index contributed by atoms with van der Waals surface area (Å²) in [6.45, 7) is 2.11. The third-order valence-corrected chi connectivity index (χ3v) is 3.40. The van der Waals surface area contributed by atoms with Crippen molar-refractivity contribution in [3.8, 4) is 0 Å². The van der Waals surface area contributed by atoms with Gasteiger partial charge >= 0.3 is 18.1 Å². The first-order chi connectivity index (χ1) is 7.75. The molecule has 17 heavy (non-hydrogen) atoms. The van der Waals surface area contributed by atoms with Gasteiger partial charge in [-0.15, -0.1) is 0 Å². The van der Waals surface area contributed by atoms with Gasteiger partial charge in [0.15, 0.2) is 6.66 Å². The minimum absolute atomic E-state index is 0.445. The standard InChI is InChI=1S/C8H8F2O5PS/c1-5-6(9)3-4-7(10)8(5)17(12,13)15-14-16(2)11/h3-4H,1-2H3/q+1. The van der Waals surface area contributed by atoms with Gasteiger partial charge in [-0.1, -0.05) is 4.33 Å². The van der Waals surface area contributed by atoms with E-state index >= 15 is 0 Å². The van der Waals surface area contributed by atoms with Gasteiger partial charge in [-0.3, -0.25) is 0 Å². The highest BCUT2D eigenvalue weighted by Crippen LogP contribution is 2.26. The summed E-state index contributed by atoms with van der Waals surface area (Å²) in [6.07, 6.45) is 0. The highest BCUT2D eigenvalue weighted by atomic mass is 32.2. The molecular formula is C8H8F2O5PS+. The molecule has 1 atom stereocenters. The second kappa shape index (κ2) is 5.14. The Morgan fingerprint density at radius 1 is 1.24 bits per heavy atom. The van der Waals surface area contributed by atoms with Gasteiger partial charge in [-0.05, 0) is 23.6 Å². The molecular weight excluding hydrogens is 277 g/mol. The van der Waals surface area contributed by atoms with E-state index < -0.39 is 40.2 Å². The van der Waals surface area contributed by atoms with Crippen molar-refractivity contribution in [1.29, 1.82) is 0 Å². The fourth-order valence-corrected chi connectivity index (χ4v) is 2.57. The second-order valence-corrected chi connectivity index (χ2v) is 5.50. The van der Waals surface area contributed by atoms with E-state index in [2.05, 4.69) is 9.01 Å². The molecule has 0 heterocycles. The van der Waals surface area contributed by atoms with Crippen LogP contribution in [-0.2, 0) is 23.7 Å². The zero-order valence-corrected chi connectivity index (χ0v) is 10.5. The van der Waals surface area contributed by atoms with E-state index in [-0.39, 0.29) is 0 Å². The molecule has 0 fully saturated rings. The number of rotatable bonds is 4. The van der Waals surface area contributed by atoms with Crippen LogP contribution in [0.15, 0.2) is 17.0 Å². The Bertz CT molecular complexity index is 557. The first kappa shape index (κ1) is 14.1. The molecule has 0 radical (unpaired) electrons. The highest BCUT2D eigenvalue weighted by molar-refractivity contribution is 7.86. The molecule has 0 aliphatic carbocycles. The predicted molar refractivity (Wildman–Crippen MR) is 54.0 cm³/mol. The monoisotopic (exact) mass is 285 g/mol. The molecule has 0 saturated heterocycles. The molecule has 94 valence electrons. The van der Waals surface area contributed by atoms with E-state index in [4.69, 9.17) is 0 Å². The van der Waals surface area contributed by atoms with Crippen molar-refractivity contribution < 1.29 is 30.8 Å². The molecule has 1 unspecified atom stereocenters. The Hall–Kier alpha value is -0.950. The summed E-state index contributed by atoms with van der Waals surface area (Å²) in [5.41, 5.74) is -0.445. The maximum atomic E-state index is 13.3. The second-order valence-electron chi connectivity index (χ2n) is 3.02. The van der Waals surface area contributed by atoms with Gasteiger partial charge < -0.3 is 0 Å². The largest absolute Gasteiger partial charge is 0.537 e. The molecule has 1 aromatic carbocycles. The minimum Gasteiger partial charge on any atom is -0.207 e. The first-order valence-corrected chi connectivity index (χ1v) is 7.25. The molecule has 0 amide bonds. The normalized spacial score (nSPS) is 12.6. The zero-order valence-electron chi connectivity index (χ0n) is 8.81. The van der Waals surface area contributed by atoms with Crippen molar-refractivity contribution >= 4 is 18.1 Å². The van der Waals surface area contributed by atoms with Crippen LogP contribution in [0, 0.1) is 18.6 Å². The Kier molecular flexibility index (Phi) is 4.26. The van der Waals surface area contributed by atoms with Crippen LogP contribution in [0.4, 0.5) is 8.78 Å². The lowest BCUT2D eigenvalue weighted by molar-refractivity contribution is -0.0836. The van der Waals surface area contributed by atoms with E-state index in [1.807, 2.05) is 0 Å². The number of benzene rings is 1.